The molecule has 1 N–H and O–H groups in total. The SMILES string of the molecule is CC1CCN(c2ccccc2)C(C)(C)CN1. The Morgan fingerprint density at radius 2 is 1.94 bits per heavy atom. The first kappa shape index (κ1) is 11.5. The van der Waals surface area contributed by atoms with Crippen molar-refractivity contribution in [1.82, 2.24) is 5.32 Å². The van der Waals surface area contributed by atoms with Gasteiger partial charge in [-0.2, -0.15) is 0 Å². The summed E-state index contributed by atoms with van der Waals surface area (Å²) in [6, 6.07) is 11.3. The predicted molar refractivity (Wildman–Crippen MR) is 69.9 cm³/mol. The molecule has 1 atom stereocenters. The van der Waals surface area contributed by atoms with Crippen LogP contribution in [0.3, 0.4) is 0 Å². The first-order chi connectivity index (χ1) is 7.59. The van der Waals surface area contributed by atoms with Gasteiger partial charge in [0.1, 0.15) is 0 Å². The third-order valence-corrected chi connectivity index (χ3v) is 3.47. The van der Waals surface area contributed by atoms with Crippen molar-refractivity contribution >= 4 is 5.69 Å². The molecule has 1 aliphatic heterocycles. The van der Waals surface area contributed by atoms with Gasteiger partial charge < -0.3 is 10.2 Å². The number of hydrogen-bond acceptors (Lipinski definition) is 2. The van der Waals surface area contributed by atoms with E-state index >= 15 is 0 Å². The maximum absolute atomic E-state index is 3.59. The van der Waals surface area contributed by atoms with E-state index in [9.17, 15) is 0 Å². The van der Waals surface area contributed by atoms with Gasteiger partial charge >= 0.3 is 0 Å². The van der Waals surface area contributed by atoms with Gasteiger partial charge in [0, 0.05) is 30.4 Å². The summed E-state index contributed by atoms with van der Waals surface area (Å²) in [6.07, 6.45) is 1.21. The molecule has 1 unspecified atom stereocenters. The zero-order valence-electron chi connectivity index (χ0n) is 10.5. The van der Waals surface area contributed by atoms with Crippen LogP contribution in [0.4, 0.5) is 5.69 Å². The lowest BCUT2D eigenvalue weighted by Gasteiger charge is -2.38. The third kappa shape index (κ3) is 2.38. The van der Waals surface area contributed by atoms with E-state index in [1.165, 1.54) is 12.1 Å². The fourth-order valence-electron chi connectivity index (χ4n) is 2.33. The Kier molecular flexibility index (Phi) is 3.20. The van der Waals surface area contributed by atoms with Crippen molar-refractivity contribution in [2.75, 3.05) is 18.0 Å². The predicted octanol–water partition coefficient (Wildman–Crippen LogP) is 2.65. The van der Waals surface area contributed by atoms with E-state index in [-0.39, 0.29) is 5.54 Å². The van der Waals surface area contributed by atoms with Crippen LogP contribution in [0.1, 0.15) is 27.2 Å². The maximum Gasteiger partial charge on any atom is 0.0470 e. The summed E-state index contributed by atoms with van der Waals surface area (Å²) in [5, 5.41) is 3.59. The molecule has 88 valence electrons. The smallest absolute Gasteiger partial charge is 0.0470 e. The lowest BCUT2D eigenvalue weighted by Crippen LogP contribution is -2.49. The summed E-state index contributed by atoms with van der Waals surface area (Å²) < 4.78 is 0. The summed E-state index contributed by atoms with van der Waals surface area (Å²) >= 11 is 0. The molecule has 0 amide bonds. The summed E-state index contributed by atoms with van der Waals surface area (Å²) in [6.45, 7) is 9.06. The van der Waals surface area contributed by atoms with Gasteiger partial charge in [0.05, 0.1) is 0 Å². The van der Waals surface area contributed by atoms with E-state index in [4.69, 9.17) is 0 Å². The molecule has 0 bridgehead atoms. The molecular formula is C14H22N2. The van der Waals surface area contributed by atoms with Gasteiger partial charge in [0.25, 0.3) is 0 Å². The van der Waals surface area contributed by atoms with Gasteiger partial charge in [-0.1, -0.05) is 18.2 Å². The highest BCUT2D eigenvalue weighted by Gasteiger charge is 2.29. The largest absolute Gasteiger partial charge is 0.365 e. The van der Waals surface area contributed by atoms with Crippen LogP contribution in [-0.4, -0.2) is 24.7 Å². The van der Waals surface area contributed by atoms with E-state index in [0.29, 0.717) is 6.04 Å². The first-order valence-corrected chi connectivity index (χ1v) is 6.16. The average Bonchev–Trinajstić information content (AvgIpc) is 2.40. The van der Waals surface area contributed by atoms with Crippen molar-refractivity contribution in [3.63, 3.8) is 0 Å². The molecule has 1 saturated heterocycles. The molecule has 2 heteroatoms. The van der Waals surface area contributed by atoms with E-state index in [1.54, 1.807) is 0 Å². The Morgan fingerprint density at radius 1 is 1.25 bits per heavy atom. The van der Waals surface area contributed by atoms with Gasteiger partial charge in [-0.3, -0.25) is 0 Å². The molecule has 1 aliphatic rings. The Morgan fingerprint density at radius 3 is 2.62 bits per heavy atom. The van der Waals surface area contributed by atoms with E-state index < -0.39 is 0 Å². The van der Waals surface area contributed by atoms with Crippen molar-refractivity contribution in [3.8, 4) is 0 Å². The fraction of sp³-hybridized carbons (Fsp3) is 0.571. The van der Waals surface area contributed by atoms with Crippen molar-refractivity contribution < 1.29 is 0 Å². The lowest BCUT2D eigenvalue weighted by atomic mass is 10.0. The highest BCUT2D eigenvalue weighted by Crippen LogP contribution is 2.25. The van der Waals surface area contributed by atoms with Crippen molar-refractivity contribution in [2.45, 2.75) is 38.8 Å². The molecule has 0 aliphatic carbocycles. The van der Waals surface area contributed by atoms with Crippen molar-refractivity contribution in [2.24, 2.45) is 0 Å². The monoisotopic (exact) mass is 218 g/mol. The van der Waals surface area contributed by atoms with Crippen molar-refractivity contribution in [1.29, 1.82) is 0 Å². The van der Waals surface area contributed by atoms with Gasteiger partial charge in [0.15, 0.2) is 0 Å². The molecule has 0 radical (unpaired) electrons. The summed E-state index contributed by atoms with van der Waals surface area (Å²) in [7, 11) is 0. The Balaban J connectivity index is 2.24. The van der Waals surface area contributed by atoms with Crippen LogP contribution in [0, 0.1) is 0 Å². The quantitative estimate of drug-likeness (QED) is 0.779. The molecule has 1 aromatic carbocycles. The number of nitrogens with zero attached hydrogens (tertiary/aromatic N) is 1. The summed E-state index contributed by atoms with van der Waals surface area (Å²) in [4.78, 5) is 2.52. The van der Waals surface area contributed by atoms with Crippen molar-refractivity contribution in [3.05, 3.63) is 30.3 Å². The van der Waals surface area contributed by atoms with E-state index in [1.807, 2.05) is 0 Å². The zero-order chi connectivity index (χ0) is 11.6. The van der Waals surface area contributed by atoms with Crippen LogP contribution in [0.25, 0.3) is 0 Å². The highest BCUT2D eigenvalue weighted by molar-refractivity contribution is 5.48. The number of para-hydroxylation sites is 1. The molecule has 0 aromatic heterocycles. The number of benzene rings is 1. The second kappa shape index (κ2) is 4.46. The molecule has 2 nitrogen and oxygen atoms in total. The average molecular weight is 218 g/mol. The van der Waals surface area contributed by atoms with E-state index in [0.717, 1.165) is 13.1 Å². The summed E-state index contributed by atoms with van der Waals surface area (Å²) in [5.41, 5.74) is 1.52. The number of anilines is 1. The Labute approximate surface area is 98.7 Å². The minimum Gasteiger partial charge on any atom is -0.365 e. The van der Waals surface area contributed by atoms with Crippen LogP contribution in [0.2, 0.25) is 0 Å². The maximum atomic E-state index is 3.59. The molecule has 1 fully saturated rings. The fourth-order valence-corrected chi connectivity index (χ4v) is 2.33. The topological polar surface area (TPSA) is 15.3 Å². The minimum absolute atomic E-state index is 0.187. The zero-order valence-corrected chi connectivity index (χ0v) is 10.5. The third-order valence-electron chi connectivity index (χ3n) is 3.47. The van der Waals surface area contributed by atoms with Gasteiger partial charge in [-0.15, -0.1) is 0 Å². The number of nitrogens with one attached hydrogen (secondary N) is 1. The Bertz CT molecular complexity index is 332. The molecule has 1 aromatic rings. The van der Waals surface area contributed by atoms with Gasteiger partial charge in [-0.25, -0.2) is 0 Å². The standard InChI is InChI=1S/C14H22N2/c1-12-9-10-16(14(2,3)11-15-12)13-7-5-4-6-8-13/h4-8,12,15H,9-11H2,1-3H3. The Hall–Kier alpha value is -1.02. The second-order valence-electron chi connectivity index (χ2n) is 5.37. The second-order valence-corrected chi connectivity index (χ2v) is 5.37. The first-order valence-electron chi connectivity index (χ1n) is 6.16. The molecule has 0 saturated carbocycles. The van der Waals surface area contributed by atoms with Crippen LogP contribution in [-0.2, 0) is 0 Å². The molecular weight excluding hydrogens is 196 g/mol. The molecule has 16 heavy (non-hydrogen) atoms. The van der Waals surface area contributed by atoms with Crippen LogP contribution in [0.5, 0.6) is 0 Å². The van der Waals surface area contributed by atoms with Crippen LogP contribution in [0.15, 0.2) is 30.3 Å². The molecule has 1 heterocycles. The lowest BCUT2D eigenvalue weighted by molar-refractivity contribution is 0.447. The van der Waals surface area contributed by atoms with Gasteiger partial charge in [0.2, 0.25) is 0 Å². The molecule has 0 spiro atoms. The van der Waals surface area contributed by atoms with E-state index in [2.05, 4.69) is 61.3 Å². The van der Waals surface area contributed by atoms with Crippen LogP contribution >= 0.6 is 0 Å². The van der Waals surface area contributed by atoms with Crippen LogP contribution < -0.4 is 10.2 Å². The normalized spacial score (nSPS) is 25.2. The van der Waals surface area contributed by atoms with Gasteiger partial charge in [-0.05, 0) is 39.3 Å². The number of hydrogen-bond donors (Lipinski definition) is 1. The molecule has 2 rings (SSSR count). The summed E-state index contributed by atoms with van der Waals surface area (Å²) in [5.74, 6) is 0. The minimum atomic E-state index is 0.187. The number of rotatable bonds is 1. The highest BCUT2D eigenvalue weighted by atomic mass is 15.2.